The van der Waals surface area contributed by atoms with Crippen LogP contribution in [-0.2, 0) is 19.4 Å². The van der Waals surface area contributed by atoms with Gasteiger partial charge in [-0.2, -0.15) is 0 Å². The Kier molecular flexibility index (Phi) is 2.75. The number of nitrogens with zero attached hydrogens (tertiary/aromatic N) is 1. The molecule has 2 heterocycles. The van der Waals surface area contributed by atoms with Crippen molar-refractivity contribution in [2.75, 3.05) is 6.54 Å². The molecule has 0 fully saturated rings. The third kappa shape index (κ3) is 1.86. The van der Waals surface area contributed by atoms with Crippen LogP contribution in [0, 0.1) is 0 Å². The zero-order chi connectivity index (χ0) is 12.8. The highest BCUT2D eigenvalue weighted by Gasteiger charge is 2.32. The molecule has 2 heteroatoms. The molecule has 0 radical (unpaired) electrons. The highest BCUT2D eigenvalue weighted by atomic mass is 79.9. The van der Waals surface area contributed by atoms with E-state index in [4.69, 9.17) is 0 Å². The first-order valence-electron chi connectivity index (χ1n) is 6.91. The summed E-state index contributed by atoms with van der Waals surface area (Å²) in [5.74, 6) is 0. The maximum Gasteiger partial charge on any atom is 0.0395 e. The maximum atomic E-state index is 3.72. The van der Waals surface area contributed by atoms with E-state index in [0.29, 0.717) is 6.04 Å². The first-order chi connectivity index (χ1) is 9.33. The molecule has 2 aliphatic rings. The quantitative estimate of drug-likeness (QED) is 0.707. The van der Waals surface area contributed by atoms with E-state index in [-0.39, 0.29) is 0 Å². The standard InChI is InChI=1S/C17H16BrN/c18-16-7-3-5-13-11-19-9-8-12-4-1-2-6-14(12)17(19)10-15(13)16/h1-7,17H,8-11H2. The highest BCUT2D eigenvalue weighted by molar-refractivity contribution is 9.10. The molecule has 2 aromatic carbocycles. The predicted molar refractivity (Wildman–Crippen MR) is 81.1 cm³/mol. The molecule has 19 heavy (non-hydrogen) atoms. The number of hydrogen-bond acceptors (Lipinski definition) is 1. The van der Waals surface area contributed by atoms with Gasteiger partial charge in [0.1, 0.15) is 0 Å². The van der Waals surface area contributed by atoms with E-state index in [0.717, 1.165) is 13.0 Å². The van der Waals surface area contributed by atoms with Crippen LogP contribution in [0.25, 0.3) is 0 Å². The van der Waals surface area contributed by atoms with Crippen LogP contribution in [0.15, 0.2) is 46.9 Å². The summed E-state index contributed by atoms with van der Waals surface area (Å²) in [5.41, 5.74) is 6.07. The Labute approximate surface area is 122 Å². The lowest BCUT2D eigenvalue weighted by molar-refractivity contribution is 0.161. The van der Waals surface area contributed by atoms with Gasteiger partial charge >= 0.3 is 0 Å². The van der Waals surface area contributed by atoms with Gasteiger partial charge in [0.15, 0.2) is 0 Å². The average molecular weight is 314 g/mol. The Morgan fingerprint density at radius 2 is 1.84 bits per heavy atom. The molecule has 0 amide bonds. The van der Waals surface area contributed by atoms with Gasteiger partial charge in [0.25, 0.3) is 0 Å². The number of hydrogen-bond donors (Lipinski definition) is 0. The topological polar surface area (TPSA) is 3.24 Å². The van der Waals surface area contributed by atoms with Crippen LogP contribution in [0.3, 0.4) is 0 Å². The molecule has 1 atom stereocenters. The average Bonchev–Trinajstić information content (AvgIpc) is 2.46. The molecular formula is C17H16BrN. The van der Waals surface area contributed by atoms with Crippen molar-refractivity contribution in [1.82, 2.24) is 4.90 Å². The second kappa shape index (κ2) is 4.46. The minimum absolute atomic E-state index is 0.566. The SMILES string of the molecule is Brc1cccc2c1CC1c3ccccc3CCN1C2. The number of rotatable bonds is 0. The number of halogens is 1. The number of benzene rings is 2. The van der Waals surface area contributed by atoms with Gasteiger partial charge in [-0.05, 0) is 41.2 Å². The third-order valence-corrected chi connectivity index (χ3v) is 5.25. The molecule has 0 bridgehead atoms. The molecule has 0 saturated carbocycles. The van der Waals surface area contributed by atoms with Crippen LogP contribution in [0.2, 0.25) is 0 Å². The van der Waals surface area contributed by atoms with Gasteiger partial charge in [0, 0.05) is 23.6 Å². The molecule has 96 valence electrons. The van der Waals surface area contributed by atoms with Crippen LogP contribution < -0.4 is 0 Å². The van der Waals surface area contributed by atoms with Gasteiger partial charge in [-0.3, -0.25) is 4.90 Å². The van der Waals surface area contributed by atoms with Crippen LogP contribution in [0.1, 0.15) is 28.3 Å². The normalized spacial score (nSPS) is 21.4. The van der Waals surface area contributed by atoms with Crippen LogP contribution in [-0.4, -0.2) is 11.4 Å². The Morgan fingerprint density at radius 1 is 1.00 bits per heavy atom. The van der Waals surface area contributed by atoms with Crippen molar-refractivity contribution in [3.8, 4) is 0 Å². The van der Waals surface area contributed by atoms with Crippen molar-refractivity contribution in [3.63, 3.8) is 0 Å². The summed E-state index contributed by atoms with van der Waals surface area (Å²) in [6, 6.07) is 16.1. The molecule has 4 rings (SSSR count). The lowest BCUT2D eigenvalue weighted by Gasteiger charge is -2.41. The second-order valence-electron chi connectivity index (χ2n) is 5.52. The van der Waals surface area contributed by atoms with Crippen LogP contribution >= 0.6 is 15.9 Å². The molecule has 0 N–H and O–H groups in total. The van der Waals surface area contributed by atoms with E-state index in [1.807, 2.05) is 0 Å². The molecule has 1 nitrogen and oxygen atoms in total. The van der Waals surface area contributed by atoms with E-state index in [1.165, 1.54) is 34.1 Å². The lowest BCUT2D eigenvalue weighted by atomic mass is 9.84. The minimum Gasteiger partial charge on any atom is -0.291 e. The summed E-state index contributed by atoms with van der Waals surface area (Å²) in [5, 5.41) is 0. The lowest BCUT2D eigenvalue weighted by Crippen LogP contribution is -2.39. The highest BCUT2D eigenvalue weighted by Crippen LogP contribution is 2.39. The van der Waals surface area contributed by atoms with E-state index in [2.05, 4.69) is 63.3 Å². The largest absolute Gasteiger partial charge is 0.291 e. The Bertz CT molecular complexity index is 635. The van der Waals surface area contributed by atoms with Gasteiger partial charge in [-0.15, -0.1) is 0 Å². The van der Waals surface area contributed by atoms with Crippen molar-refractivity contribution >= 4 is 15.9 Å². The summed E-state index contributed by atoms with van der Waals surface area (Å²) in [6.45, 7) is 2.28. The van der Waals surface area contributed by atoms with E-state index in [1.54, 1.807) is 5.56 Å². The number of fused-ring (bicyclic) bond motifs is 4. The molecule has 0 spiro atoms. The van der Waals surface area contributed by atoms with Crippen LogP contribution in [0.5, 0.6) is 0 Å². The fourth-order valence-electron chi connectivity index (χ4n) is 3.52. The van der Waals surface area contributed by atoms with Crippen LogP contribution in [0.4, 0.5) is 0 Å². The van der Waals surface area contributed by atoms with Gasteiger partial charge in [0.2, 0.25) is 0 Å². The predicted octanol–water partition coefficient (Wildman–Crippen LogP) is 4.10. The monoisotopic (exact) mass is 313 g/mol. The first-order valence-corrected chi connectivity index (χ1v) is 7.70. The molecular weight excluding hydrogens is 298 g/mol. The smallest absolute Gasteiger partial charge is 0.0395 e. The Balaban J connectivity index is 1.81. The van der Waals surface area contributed by atoms with Gasteiger partial charge in [-0.1, -0.05) is 52.3 Å². The zero-order valence-electron chi connectivity index (χ0n) is 10.8. The molecule has 0 aromatic heterocycles. The fourth-order valence-corrected chi connectivity index (χ4v) is 4.09. The molecule has 2 aromatic rings. The second-order valence-corrected chi connectivity index (χ2v) is 6.37. The third-order valence-electron chi connectivity index (χ3n) is 4.51. The summed E-state index contributed by atoms with van der Waals surface area (Å²) >= 11 is 3.72. The van der Waals surface area contributed by atoms with Gasteiger partial charge in [-0.25, -0.2) is 0 Å². The summed E-state index contributed by atoms with van der Waals surface area (Å²) in [7, 11) is 0. The van der Waals surface area contributed by atoms with Crippen molar-refractivity contribution in [3.05, 3.63) is 69.2 Å². The minimum atomic E-state index is 0.566. The Morgan fingerprint density at radius 3 is 2.79 bits per heavy atom. The van der Waals surface area contributed by atoms with Gasteiger partial charge < -0.3 is 0 Å². The molecule has 0 saturated heterocycles. The van der Waals surface area contributed by atoms with E-state index >= 15 is 0 Å². The molecule has 2 aliphatic heterocycles. The van der Waals surface area contributed by atoms with E-state index < -0.39 is 0 Å². The molecule has 0 aliphatic carbocycles. The van der Waals surface area contributed by atoms with E-state index in [9.17, 15) is 0 Å². The van der Waals surface area contributed by atoms with Gasteiger partial charge in [0.05, 0.1) is 0 Å². The van der Waals surface area contributed by atoms with Crippen molar-refractivity contribution < 1.29 is 0 Å². The fraction of sp³-hybridized carbons (Fsp3) is 0.294. The first kappa shape index (κ1) is 11.7. The zero-order valence-corrected chi connectivity index (χ0v) is 12.4. The van der Waals surface area contributed by atoms with Crippen molar-refractivity contribution in [2.45, 2.75) is 25.4 Å². The van der Waals surface area contributed by atoms with Crippen molar-refractivity contribution in [1.29, 1.82) is 0 Å². The van der Waals surface area contributed by atoms with Crippen molar-refractivity contribution in [2.24, 2.45) is 0 Å². The molecule has 1 unspecified atom stereocenters. The maximum absolute atomic E-state index is 3.72. The summed E-state index contributed by atoms with van der Waals surface area (Å²) in [4.78, 5) is 2.64. The Hall–Kier alpha value is -1.12. The summed E-state index contributed by atoms with van der Waals surface area (Å²) in [6.07, 6.45) is 2.32. The summed E-state index contributed by atoms with van der Waals surface area (Å²) < 4.78 is 1.27.